The van der Waals surface area contributed by atoms with Crippen molar-refractivity contribution in [3.05, 3.63) is 62.7 Å². The third kappa shape index (κ3) is 5.47. The number of Topliss-reactive ketones (excluding diaryl/α,β-unsaturated/α-hetero) is 1. The summed E-state index contributed by atoms with van der Waals surface area (Å²) >= 11 is 5.93. The number of benzene rings is 2. The topological polar surface area (TPSA) is 95.7 Å². The van der Waals surface area contributed by atoms with E-state index in [1.807, 2.05) is 0 Å². The molecule has 0 saturated heterocycles. The number of alkyl halides is 2. The first-order valence-electron chi connectivity index (χ1n) is 8.41. The maximum Gasteiger partial charge on any atom is 0.346 e. The molecular weight excluding hydrogens is 412 g/mol. The van der Waals surface area contributed by atoms with E-state index in [1.54, 1.807) is 6.92 Å². The van der Waals surface area contributed by atoms with Gasteiger partial charge < -0.3 is 9.47 Å². The van der Waals surface area contributed by atoms with E-state index in [0.29, 0.717) is 0 Å². The van der Waals surface area contributed by atoms with Crippen LogP contribution in [0.3, 0.4) is 0 Å². The first kappa shape index (κ1) is 22.2. The van der Waals surface area contributed by atoms with Gasteiger partial charge in [-0.1, -0.05) is 18.5 Å². The Balaban J connectivity index is 2.34. The summed E-state index contributed by atoms with van der Waals surface area (Å²) < 4.78 is 35.9. The van der Waals surface area contributed by atoms with Crippen molar-refractivity contribution in [2.45, 2.75) is 32.8 Å². The Morgan fingerprint density at radius 2 is 1.90 bits per heavy atom. The molecule has 29 heavy (non-hydrogen) atoms. The lowest BCUT2D eigenvalue weighted by Crippen LogP contribution is -2.24. The van der Waals surface area contributed by atoms with Crippen molar-refractivity contribution in [2.24, 2.45) is 0 Å². The lowest BCUT2D eigenvalue weighted by atomic mass is 10.1. The summed E-state index contributed by atoms with van der Waals surface area (Å²) in [5.41, 5.74) is -1.27. The van der Waals surface area contributed by atoms with Crippen LogP contribution in [0.15, 0.2) is 36.4 Å². The molecule has 2 aromatic rings. The highest BCUT2D eigenvalue weighted by molar-refractivity contribution is 6.32. The van der Waals surface area contributed by atoms with Crippen molar-refractivity contribution >= 4 is 29.0 Å². The van der Waals surface area contributed by atoms with Crippen molar-refractivity contribution in [3.8, 4) is 11.5 Å². The van der Waals surface area contributed by atoms with Crippen LogP contribution in [0.2, 0.25) is 5.02 Å². The fourth-order valence-electron chi connectivity index (χ4n) is 2.34. The highest BCUT2D eigenvalue weighted by Gasteiger charge is 2.26. The number of ether oxygens (including phenoxy) is 2. The normalized spacial score (nSPS) is 11.8. The Morgan fingerprint density at radius 1 is 1.21 bits per heavy atom. The summed E-state index contributed by atoms with van der Waals surface area (Å²) in [6.07, 6.45) is -3.66. The van der Waals surface area contributed by atoms with Gasteiger partial charge in [0.2, 0.25) is 0 Å². The van der Waals surface area contributed by atoms with Crippen molar-refractivity contribution in [2.75, 3.05) is 0 Å². The molecule has 0 saturated carbocycles. The van der Waals surface area contributed by atoms with Crippen LogP contribution in [0.5, 0.6) is 11.5 Å². The summed E-state index contributed by atoms with van der Waals surface area (Å²) in [6, 6.07) is 6.66. The number of hydrogen-bond donors (Lipinski definition) is 0. The van der Waals surface area contributed by atoms with Gasteiger partial charge in [0.15, 0.2) is 11.9 Å². The third-order valence-electron chi connectivity index (χ3n) is 3.91. The fraction of sp³-hybridized carbons (Fsp3) is 0.263. The van der Waals surface area contributed by atoms with Crippen LogP contribution < -0.4 is 4.74 Å². The van der Waals surface area contributed by atoms with Crippen molar-refractivity contribution in [1.82, 2.24) is 0 Å². The average molecular weight is 428 g/mol. The summed E-state index contributed by atoms with van der Waals surface area (Å²) in [5, 5.41) is 11.1. The Morgan fingerprint density at radius 3 is 2.45 bits per heavy atom. The quantitative estimate of drug-likeness (QED) is 0.313. The molecule has 1 unspecified atom stereocenters. The number of carbonyl (C=O) groups excluding carboxylic acids is 2. The van der Waals surface area contributed by atoms with E-state index in [-0.39, 0.29) is 34.3 Å². The van der Waals surface area contributed by atoms with E-state index in [0.717, 1.165) is 24.3 Å². The minimum atomic E-state index is -2.71. The summed E-state index contributed by atoms with van der Waals surface area (Å²) in [4.78, 5) is 34.4. The van der Waals surface area contributed by atoms with Crippen LogP contribution in [-0.4, -0.2) is 22.8 Å². The SMILES string of the molecule is CCC(=O)C(C)OC(=O)c1cc(Oc2ccc(C(F)F)cc2Cl)ccc1[N+](=O)[O-]. The van der Waals surface area contributed by atoms with Gasteiger partial charge in [0.05, 0.1) is 9.95 Å². The molecule has 0 aliphatic rings. The van der Waals surface area contributed by atoms with Gasteiger partial charge in [-0.05, 0) is 31.2 Å². The van der Waals surface area contributed by atoms with Gasteiger partial charge in [-0.15, -0.1) is 0 Å². The molecule has 0 N–H and O–H groups in total. The van der Waals surface area contributed by atoms with Crippen molar-refractivity contribution < 1.29 is 32.8 Å². The number of hydrogen-bond acceptors (Lipinski definition) is 6. The number of nitro benzene ring substituents is 1. The molecule has 0 bridgehead atoms. The van der Waals surface area contributed by atoms with Gasteiger partial charge in [0.25, 0.3) is 12.1 Å². The van der Waals surface area contributed by atoms with Crippen molar-refractivity contribution in [1.29, 1.82) is 0 Å². The van der Waals surface area contributed by atoms with Gasteiger partial charge in [0, 0.05) is 24.1 Å². The molecule has 0 heterocycles. The molecule has 0 spiro atoms. The summed E-state index contributed by atoms with van der Waals surface area (Å²) in [6.45, 7) is 2.95. The smallest absolute Gasteiger partial charge is 0.346 e. The molecule has 2 rings (SSSR count). The van der Waals surface area contributed by atoms with Gasteiger partial charge in [-0.25, -0.2) is 13.6 Å². The molecule has 154 valence electrons. The Kier molecular flexibility index (Phi) is 7.22. The number of ketones is 1. The Hall–Kier alpha value is -3.07. The van der Waals surface area contributed by atoms with E-state index in [4.69, 9.17) is 21.1 Å². The fourth-order valence-corrected chi connectivity index (χ4v) is 2.57. The molecular formula is C19H16ClF2NO6. The number of halogens is 3. The molecule has 0 aliphatic heterocycles. The highest BCUT2D eigenvalue weighted by Crippen LogP contribution is 2.34. The predicted octanol–water partition coefficient (Wildman–Crippen LogP) is 5.50. The summed E-state index contributed by atoms with van der Waals surface area (Å²) in [7, 11) is 0. The van der Waals surface area contributed by atoms with E-state index in [1.165, 1.54) is 19.1 Å². The number of nitrogens with zero attached hydrogens (tertiary/aromatic N) is 1. The largest absolute Gasteiger partial charge is 0.456 e. The summed E-state index contributed by atoms with van der Waals surface area (Å²) in [5.74, 6) is -1.42. The zero-order valence-electron chi connectivity index (χ0n) is 15.4. The van der Waals surface area contributed by atoms with E-state index < -0.39 is 34.7 Å². The van der Waals surface area contributed by atoms with E-state index in [2.05, 4.69) is 0 Å². The molecule has 0 radical (unpaired) electrons. The van der Waals surface area contributed by atoms with Gasteiger partial charge >= 0.3 is 5.97 Å². The second-order valence-corrected chi connectivity index (χ2v) is 6.30. The van der Waals surface area contributed by atoms with Crippen LogP contribution in [0.1, 0.15) is 42.6 Å². The van der Waals surface area contributed by atoms with Crippen LogP contribution in [0, 0.1) is 10.1 Å². The number of nitro groups is 1. The molecule has 0 aromatic heterocycles. The first-order chi connectivity index (χ1) is 13.6. The van der Waals surface area contributed by atoms with Crippen molar-refractivity contribution in [3.63, 3.8) is 0 Å². The molecule has 2 aromatic carbocycles. The maximum absolute atomic E-state index is 12.7. The molecule has 0 fully saturated rings. The monoisotopic (exact) mass is 427 g/mol. The first-order valence-corrected chi connectivity index (χ1v) is 8.79. The van der Waals surface area contributed by atoms with Crippen LogP contribution in [-0.2, 0) is 9.53 Å². The number of esters is 1. The van der Waals surface area contributed by atoms with Crippen LogP contribution in [0.4, 0.5) is 14.5 Å². The standard InChI is InChI=1S/C19H16ClF2NO6/c1-3-16(24)10(2)28-19(25)13-9-12(5-6-15(13)23(26)27)29-17-7-4-11(18(21)22)8-14(17)20/h4-10,18H,3H2,1-2H3. The maximum atomic E-state index is 12.7. The predicted molar refractivity (Wildman–Crippen MR) is 99.8 cm³/mol. The molecule has 0 amide bonds. The Bertz CT molecular complexity index is 950. The van der Waals surface area contributed by atoms with Gasteiger partial charge in [-0.2, -0.15) is 0 Å². The average Bonchev–Trinajstić information content (AvgIpc) is 2.68. The Labute approximate surface area is 169 Å². The van der Waals surface area contributed by atoms with Gasteiger partial charge in [-0.3, -0.25) is 14.9 Å². The van der Waals surface area contributed by atoms with E-state index in [9.17, 15) is 28.5 Å². The minimum Gasteiger partial charge on any atom is -0.456 e. The number of rotatable bonds is 8. The lowest BCUT2D eigenvalue weighted by molar-refractivity contribution is -0.385. The molecule has 10 heteroatoms. The van der Waals surface area contributed by atoms with E-state index >= 15 is 0 Å². The second-order valence-electron chi connectivity index (χ2n) is 5.90. The zero-order valence-corrected chi connectivity index (χ0v) is 16.1. The van der Waals surface area contributed by atoms with Crippen LogP contribution in [0.25, 0.3) is 0 Å². The third-order valence-corrected chi connectivity index (χ3v) is 4.20. The molecule has 0 aliphatic carbocycles. The molecule has 7 nitrogen and oxygen atoms in total. The minimum absolute atomic E-state index is 0.0104. The van der Waals surface area contributed by atoms with Crippen LogP contribution >= 0.6 is 11.6 Å². The molecule has 1 atom stereocenters. The zero-order chi connectivity index (χ0) is 21.7. The lowest BCUT2D eigenvalue weighted by Gasteiger charge is -2.13. The van der Waals surface area contributed by atoms with Gasteiger partial charge in [0.1, 0.15) is 17.1 Å². The highest BCUT2D eigenvalue weighted by atomic mass is 35.5. The number of carbonyl (C=O) groups is 2. The second kappa shape index (κ2) is 9.42.